The van der Waals surface area contributed by atoms with Crippen molar-refractivity contribution in [1.29, 1.82) is 0 Å². The van der Waals surface area contributed by atoms with E-state index in [2.05, 4.69) is 23.8 Å². The maximum atomic E-state index is 14.1. The highest BCUT2D eigenvalue weighted by Crippen LogP contribution is 2.24. The lowest BCUT2D eigenvalue weighted by Gasteiger charge is -2.08. The molecule has 0 saturated carbocycles. The summed E-state index contributed by atoms with van der Waals surface area (Å²) in [6, 6.07) is 4.97. The maximum Gasteiger partial charge on any atom is 0.165 e. The third-order valence-electron chi connectivity index (χ3n) is 4.22. The van der Waals surface area contributed by atoms with E-state index >= 15 is 0 Å². The van der Waals surface area contributed by atoms with Crippen molar-refractivity contribution in [2.75, 3.05) is 6.61 Å². The minimum absolute atomic E-state index is 0.300. The van der Waals surface area contributed by atoms with Crippen molar-refractivity contribution in [3.63, 3.8) is 0 Å². The molecule has 25 heavy (non-hydrogen) atoms. The zero-order chi connectivity index (χ0) is 17.9. The molecule has 0 bridgehead atoms. The fourth-order valence-electron chi connectivity index (χ4n) is 2.65. The highest BCUT2D eigenvalue weighted by atomic mass is 19.1. The summed E-state index contributed by atoms with van der Waals surface area (Å²) in [5.74, 6) is -0.0516. The van der Waals surface area contributed by atoms with E-state index in [1.165, 1.54) is 31.7 Å². The average Bonchev–Trinajstić information content (AvgIpc) is 2.63. The van der Waals surface area contributed by atoms with E-state index in [1.54, 1.807) is 18.5 Å². The fourth-order valence-corrected chi connectivity index (χ4v) is 2.65. The summed E-state index contributed by atoms with van der Waals surface area (Å²) in [4.78, 5) is 8.91. The van der Waals surface area contributed by atoms with Crippen LogP contribution in [0.2, 0.25) is 0 Å². The van der Waals surface area contributed by atoms with Gasteiger partial charge in [0.05, 0.1) is 24.2 Å². The molecule has 0 spiro atoms. The molecule has 0 aliphatic rings. The van der Waals surface area contributed by atoms with Gasteiger partial charge in [0.1, 0.15) is 0 Å². The molecule has 0 aliphatic heterocycles. The van der Waals surface area contributed by atoms with Gasteiger partial charge in [-0.1, -0.05) is 46.0 Å². The van der Waals surface area contributed by atoms with E-state index in [-0.39, 0.29) is 5.82 Å². The first-order valence-electron chi connectivity index (χ1n) is 9.48. The first kappa shape index (κ1) is 19.4. The Labute approximate surface area is 150 Å². The Balaban J connectivity index is 1.91. The van der Waals surface area contributed by atoms with E-state index in [0.717, 1.165) is 36.9 Å². The van der Waals surface area contributed by atoms with Crippen molar-refractivity contribution in [3.8, 4) is 17.0 Å². The van der Waals surface area contributed by atoms with Gasteiger partial charge in [-0.3, -0.25) is 9.97 Å². The van der Waals surface area contributed by atoms with Gasteiger partial charge in [-0.2, -0.15) is 0 Å². The highest BCUT2D eigenvalue weighted by Gasteiger charge is 2.08. The number of nitrogens with zero attached hydrogens (tertiary/aromatic N) is 2. The van der Waals surface area contributed by atoms with E-state index in [9.17, 15) is 4.39 Å². The van der Waals surface area contributed by atoms with Crippen LogP contribution in [-0.2, 0) is 6.42 Å². The molecule has 2 aromatic rings. The molecule has 0 radical (unpaired) electrons. The Morgan fingerprint density at radius 3 is 2.40 bits per heavy atom. The van der Waals surface area contributed by atoms with E-state index in [0.29, 0.717) is 18.1 Å². The molecule has 0 atom stereocenters. The van der Waals surface area contributed by atoms with Gasteiger partial charge in [0.15, 0.2) is 11.6 Å². The van der Waals surface area contributed by atoms with Crippen molar-refractivity contribution in [2.45, 2.75) is 65.2 Å². The molecule has 2 rings (SSSR count). The Kier molecular flexibility index (Phi) is 8.36. The van der Waals surface area contributed by atoms with Crippen LogP contribution in [0.3, 0.4) is 0 Å². The molecule has 0 N–H and O–H groups in total. The van der Waals surface area contributed by atoms with Crippen LogP contribution in [0, 0.1) is 5.82 Å². The summed E-state index contributed by atoms with van der Waals surface area (Å²) in [5.41, 5.74) is 2.41. The van der Waals surface area contributed by atoms with Gasteiger partial charge in [-0.15, -0.1) is 0 Å². The summed E-state index contributed by atoms with van der Waals surface area (Å²) in [5, 5.41) is 0. The Morgan fingerprint density at radius 1 is 0.920 bits per heavy atom. The predicted molar refractivity (Wildman–Crippen MR) is 100 cm³/mol. The largest absolute Gasteiger partial charge is 0.491 e. The van der Waals surface area contributed by atoms with Crippen molar-refractivity contribution in [1.82, 2.24) is 9.97 Å². The van der Waals surface area contributed by atoms with Crippen LogP contribution >= 0.6 is 0 Å². The zero-order valence-corrected chi connectivity index (χ0v) is 15.4. The first-order chi connectivity index (χ1) is 12.2. The second kappa shape index (κ2) is 10.8. The SMILES string of the molecule is CCCCCCCc1cnc(-c2ccc(OCCCC)c(F)c2)cn1. The predicted octanol–water partition coefficient (Wildman–Crippen LogP) is 5.97. The minimum Gasteiger partial charge on any atom is -0.491 e. The lowest BCUT2D eigenvalue weighted by molar-refractivity contribution is 0.294. The van der Waals surface area contributed by atoms with Gasteiger partial charge in [-0.05, 0) is 37.5 Å². The molecule has 0 amide bonds. The molecule has 3 nitrogen and oxygen atoms in total. The Bertz CT molecular complexity index is 628. The Morgan fingerprint density at radius 2 is 1.72 bits per heavy atom. The van der Waals surface area contributed by atoms with Crippen molar-refractivity contribution in [2.24, 2.45) is 0 Å². The molecule has 4 heteroatoms. The number of aryl methyl sites for hydroxylation is 1. The van der Waals surface area contributed by atoms with Crippen LogP contribution in [-0.4, -0.2) is 16.6 Å². The number of halogens is 1. The second-order valence-corrected chi connectivity index (χ2v) is 6.40. The summed E-state index contributed by atoms with van der Waals surface area (Å²) >= 11 is 0. The molecule has 1 aromatic carbocycles. The topological polar surface area (TPSA) is 35.0 Å². The van der Waals surface area contributed by atoms with Gasteiger partial charge in [0, 0.05) is 11.8 Å². The zero-order valence-electron chi connectivity index (χ0n) is 15.4. The number of hydrogen-bond donors (Lipinski definition) is 0. The molecule has 0 saturated heterocycles. The molecule has 1 aromatic heterocycles. The standard InChI is InChI=1S/C21H29FN2O/c1-3-5-7-8-9-10-18-15-24-20(16-23-18)17-11-12-21(19(22)14-17)25-13-6-4-2/h11-12,14-16H,3-10,13H2,1-2H3. The monoisotopic (exact) mass is 344 g/mol. The van der Waals surface area contributed by atoms with Crippen LogP contribution in [0.1, 0.15) is 64.5 Å². The molecule has 136 valence electrons. The number of rotatable bonds is 11. The van der Waals surface area contributed by atoms with Crippen LogP contribution in [0.4, 0.5) is 4.39 Å². The van der Waals surface area contributed by atoms with E-state index in [4.69, 9.17) is 4.74 Å². The number of ether oxygens (including phenoxy) is 1. The second-order valence-electron chi connectivity index (χ2n) is 6.40. The van der Waals surface area contributed by atoms with Crippen LogP contribution < -0.4 is 4.74 Å². The van der Waals surface area contributed by atoms with E-state index < -0.39 is 0 Å². The molecule has 0 aliphatic carbocycles. The van der Waals surface area contributed by atoms with Crippen LogP contribution in [0.25, 0.3) is 11.3 Å². The maximum absolute atomic E-state index is 14.1. The van der Waals surface area contributed by atoms with Crippen LogP contribution in [0.15, 0.2) is 30.6 Å². The Hall–Kier alpha value is -1.97. The number of benzene rings is 1. The molecular formula is C21H29FN2O. The van der Waals surface area contributed by atoms with Gasteiger partial charge in [-0.25, -0.2) is 4.39 Å². The van der Waals surface area contributed by atoms with Gasteiger partial charge >= 0.3 is 0 Å². The van der Waals surface area contributed by atoms with Gasteiger partial charge in [0.2, 0.25) is 0 Å². The fraction of sp³-hybridized carbons (Fsp3) is 0.524. The molecule has 0 fully saturated rings. The average molecular weight is 344 g/mol. The lowest BCUT2D eigenvalue weighted by Crippen LogP contribution is -1.99. The summed E-state index contributed by atoms with van der Waals surface area (Å²) in [6.45, 7) is 4.84. The highest BCUT2D eigenvalue weighted by molar-refractivity contribution is 5.59. The van der Waals surface area contributed by atoms with Crippen molar-refractivity contribution in [3.05, 3.63) is 42.1 Å². The molecule has 1 heterocycles. The normalized spacial score (nSPS) is 10.8. The number of aromatic nitrogens is 2. The summed E-state index contributed by atoms with van der Waals surface area (Å²) < 4.78 is 19.6. The van der Waals surface area contributed by atoms with Crippen molar-refractivity contribution >= 4 is 0 Å². The van der Waals surface area contributed by atoms with Crippen molar-refractivity contribution < 1.29 is 9.13 Å². The molecular weight excluding hydrogens is 315 g/mol. The lowest BCUT2D eigenvalue weighted by atomic mass is 10.1. The quantitative estimate of drug-likeness (QED) is 0.471. The number of unbranched alkanes of at least 4 members (excludes halogenated alkanes) is 5. The van der Waals surface area contributed by atoms with E-state index in [1.807, 2.05) is 6.07 Å². The summed E-state index contributed by atoms with van der Waals surface area (Å²) in [6.07, 6.45) is 12.7. The molecule has 0 unspecified atom stereocenters. The summed E-state index contributed by atoms with van der Waals surface area (Å²) in [7, 11) is 0. The third-order valence-corrected chi connectivity index (χ3v) is 4.22. The smallest absolute Gasteiger partial charge is 0.165 e. The number of hydrogen-bond acceptors (Lipinski definition) is 3. The van der Waals surface area contributed by atoms with Gasteiger partial charge in [0.25, 0.3) is 0 Å². The van der Waals surface area contributed by atoms with Crippen LogP contribution in [0.5, 0.6) is 5.75 Å². The first-order valence-corrected chi connectivity index (χ1v) is 9.48. The third kappa shape index (κ3) is 6.45. The minimum atomic E-state index is -0.351. The van der Waals surface area contributed by atoms with Gasteiger partial charge < -0.3 is 4.74 Å².